The first-order valence-corrected chi connectivity index (χ1v) is 28.4. The highest BCUT2D eigenvalue weighted by Gasteiger charge is 2.42. The van der Waals surface area contributed by atoms with Crippen LogP contribution in [0.15, 0.2) is 90.3 Å². The van der Waals surface area contributed by atoms with Gasteiger partial charge in [-0.25, -0.2) is 0 Å². The fraction of sp³-hybridized carbons (Fsp3) is 0.529. The molecule has 4 aliphatic carbocycles. The van der Waals surface area contributed by atoms with Crippen molar-refractivity contribution in [1.29, 1.82) is 0 Å². The molecule has 1 heterocycles. The lowest BCUT2D eigenvalue weighted by Gasteiger charge is -2.43. The van der Waals surface area contributed by atoms with E-state index in [1.807, 2.05) is 11.3 Å². The molecule has 4 aliphatic rings. The minimum atomic E-state index is -0.126. The Kier molecular flexibility index (Phi) is 11.4. The fourth-order valence-electron chi connectivity index (χ4n) is 13.6. The first-order chi connectivity index (χ1) is 32.7. The molecule has 6 aromatic rings. The molecular weight excluding hydrogens is 877 g/mol. The van der Waals surface area contributed by atoms with E-state index in [0.717, 1.165) is 0 Å². The molecule has 0 saturated heterocycles. The third kappa shape index (κ3) is 8.43. The van der Waals surface area contributed by atoms with Gasteiger partial charge in [-0.05, 0) is 217 Å². The van der Waals surface area contributed by atoms with Crippen LogP contribution in [0.25, 0.3) is 10.1 Å². The van der Waals surface area contributed by atoms with E-state index in [9.17, 15) is 0 Å². The molecule has 0 bridgehead atoms. The fourth-order valence-corrected chi connectivity index (χ4v) is 14.5. The van der Waals surface area contributed by atoms with Crippen LogP contribution in [0.2, 0.25) is 0 Å². The van der Waals surface area contributed by atoms with Crippen LogP contribution < -0.4 is 9.80 Å². The maximum Gasteiger partial charge on any atom is 0.0647 e. The smallest absolute Gasteiger partial charge is 0.0647 e. The summed E-state index contributed by atoms with van der Waals surface area (Å²) in [5, 5.41) is 3.84. The highest BCUT2D eigenvalue weighted by atomic mass is 32.1. The van der Waals surface area contributed by atoms with E-state index in [0.29, 0.717) is 0 Å². The lowest BCUT2D eigenvalue weighted by Crippen LogP contribution is -2.34. The molecule has 3 heteroatoms. The van der Waals surface area contributed by atoms with E-state index < -0.39 is 0 Å². The normalized spacial score (nSPS) is 21.6. The van der Waals surface area contributed by atoms with E-state index in [1.54, 1.807) is 0 Å². The van der Waals surface area contributed by atoms with Crippen LogP contribution in [0.3, 0.4) is 0 Å². The third-order valence-electron chi connectivity index (χ3n) is 19.3. The molecule has 2 nitrogen and oxygen atoms in total. The van der Waals surface area contributed by atoms with Gasteiger partial charge in [0.05, 0.1) is 5.69 Å². The maximum absolute atomic E-state index is 2.66. The van der Waals surface area contributed by atoms with Crippen molar-refractivity contribution in [2.24, 2.45) is 0 Å². The van der Waals surface area contributed by atoms with Gasteiger partial charge < -0.3 is 9.80 Å². The molecule has 0 unspecified atom stereocenters. The molecule has 0 fully saturated rings. The molecule has 376 valence electrons. The quantitative estimate of drug-likeness (QED) is 0.164. The van der Waals surface area contributed by atoms with Crippen LogP contribution in [0, 0.1) is 0 Å². The second-order valence-electron chi connectivity index (χ2n) is 29.4. The largest absolute Gasteiger partial charge is 0.310 e. The van der Waals surface area contributed by atoms with Gasteiger partial charge in [0.1, 0.15) is 0 Å². The van der Waals surface area contributed by atoms with Crippen molar-refractivity contribution in [3.8, 4) is 0 Å². The van der Waals surface area contributed by atoms with Gasteiger partial charge in [-0.15, -0.1) is 11.3 Å². The molecule has 10 rings (SSSR count). The molecule has 0 radical (unpaired) electrons. The van der Waals surface area contributed by atoms with Gasteiger partial charge >= 0.3 is 0 Å². The van der Waals surface area contributed by atoms with Crippen molar-refractivity contribution in [1.82, 2.24) is 0 Å². The average Bonchev–Trinajstić information content (AvgIpc) is 3.69. The molecule has 0 saturated carbocycles. The summed E-state index contributed by atoms with van der Waals surface area (Å²) in [4.78, 5) is 5.30. The second-order valence-corrected chi connectivity index (χ2v) is 30.3. The standard InChI is InChI=1S/C68H88N2S/c1-60(2,3)43-34-47(69(44-20-23-50-53(37-44)64(10,11)29-26-61(50,4)5)45-21-24-51-54(38-45)65(12,13)30-27-62(51,6)7)36-48(35-43)70(46-22-25-52-55(39-46)66(14,15)31-28-63(52,8)9)58-42-71-59-41-57-56(40-49(58)59)67(16,17)32-33-68(57,18)19/h20-25,34-42H,26-33H2,1-19H3. The highest BCUT2D eigenvalue weighted by molar-refractivity contribution is 7.17. The second kappa shape index (κ2) is 16.1. The van der Waals surface area contributed by atoms with E-state index in [2.05, 4.69) is 232 Å². The molecule has 0 spiro atoms. The number of anilines is 6. The summed E-state index contributed by atoms with van der Waals surface area (Å²) < 4.78 is 1.38. The summed E-state index contributed by atoms with van der Waals surface area (Å²) in [6.45, 7) is 46.6. The van der Waals surface area contributed by atoms with Gasteiger partial charge in [-0.1, -0.05) is 150 Å². The average molecular weight is 966 g/mol. The monoisotopic (exact) mass is 965 g/mol. The van der Waals surface area contributed by atoms with Gasteiger partial charge in [0.25, 0.3) is 0 Å². The predicted octanol–water partition coefficient (Wildman–Crippen LogP) is 20.5. The molecule has 71 heavy (non-hydrogen) atoms. The van der Waals surface area contributed by atoms with Crippen molar-refractivity contribution in [3.63, 3.8) is 0 Å². The number of hydrogen-bond acceptors (Lipinski definition) is 3. The Morgan fingerprint density at radius 2 is 0.648 bits per heavy atom. The van der Waals surface area contributed by atoms with E-state index >= 15 is 0 Å². The van der Waals surface area contributed by atoms with Gasteiger partial charge in [0, 0.05) is 43.9 Å². The van der Waals surface area contributed by atoms with E-state index in [1.165, 1.54) is 146 Å². The van der Waals surface area contributed by atoms with Crippen LogP contribution in [-0.4, -0.2) is 0 Å². The van der Waals surface area contributed by atoms with Crippen LogP contribution in [0.4, 0.5) is 34.1 Å². The zero-order valence-corrected chi connectivity index (χ0v) is 48.4. The number of thiophene rings is 1. The Morgan fingerprint density at radius 3 is 1.01 bits per heavy atom. The third-order valence-corrected chi connectivity index (χ3v) is 20.3. The van der Waals surface area contributed by atoms with E-state index in [-0.39, 0.29) is 48.7 Å². The Hall–Kier alpha value is -4.34. The van der Waals surface area contributed by atoms with E-state index in [4.69, 9.17) is 0 Å². The van der Waals surface area contributed by atoms with Crippen LogP contribution in [0.1, 0.15) is 233 Å². The summed E-state index contributed by atoms with van der Waals surface area (Å²) in [7, 11) is 0. The molecule has 0 amide bonds. The Morgan fingerprint density at radius 1 is 0.338 bits per heavy atom. The molecular formula is C68H88N2S. The first-order valence-electron chi connectivity index (χ1n) is 27.5. The summed E-state index contributed by atoms with van der Waals surface area (Å²) in [6, 6.07) is 35.4. The molecule has 0 N–H and O–H groups in total. The molecule has 5 aromatic carbocycles. The van der Waals surface area contributed by atoms with Crippen molar-refractivity contribution in [2.75, 3.05) is 9.80 Å². The van der Waals surface area contributed by atoms with Gasteiger partial charge in [0.15, 0.2) is 0 Å². The lowest BCUT2D eigenvalue weighted by atomic mass is 9.63. The van der Waals surface area contributed by atoms with Crippen molar-refractivity contribution in [3.05, 3.63) is 140 Å². The summed E-state index contributed by atoms with van der Waals surface area (Å²) in [5.41, 5.74) is 21.4. The molecule has 0 aliphatic heterocycles. The highest BCUT2D eigenvalue weighted by Crippen LogP contribution is 2.55. The Labute approximate surface area is 435 Å². The van der Waals surface area contributed by atoms with Crippen molar-refractivity contribution >= 4 is 55.5 Å². The maximum atomic E-state index is 2.66. The van der Waals surface area contributed by atoms with Gasteiger partial charge in [-0.3, -0.25) is 0 Å². The van der Waals surface area contributed by atoms with Crippen molar-refractivity contribution in [2.45, 2.75) is 232 Å². The van der Waals surface area contributed by atoms with Crippen LogP contribution in [-0.2, 0) is 48.7 Å². The van der Waals surface area contributed by atoms with Crippen LogP contribution >= 0.6 is 11.3 Å². The minimum absolute atomic E-state index is 0.0662. The lowest BCUT2D eigenvalue weighted by molar-refractivity contribution is 0.332. The summed E-state index contributed by atoms with van der Waals surface area (Å²) >= 11 is 1.92. The minimum Gasteiger partial charge on any atom is -0.310 e. The van der Waals surface area contributed by atoms with Gasteiger partial charge in [0.2, 0.25) is 0 Å². The number of fused-ring (bicyclic) bond motifs is 5. The number of nitrogens with zero attached hydrogens (tertiary/aromatic N) is 2. The van der Waals surface area contributed by atoms with Crippen molar-refractivity contribution < 1.29 is 0 Å². The number of benzene rings is 5. The zero-order valence-electron chi connectivity index (χ0n) is 47.6. The zero-order chi connectivity index (χ0) is 51.4. The summed E-state index contributed by atoms with van der Waals surface area (Å²) in [6.07, 6.45) is 9.54. The van der Waals surface area contributed by atoms with Crippen LogP contribution in [0.5, 0.6) is 0 Å². The summed E-state index contributed by atoms with van der Waals surface area (Å²) in [5.74, 6) is 0. The molecule has 1 aromatic heterocycles. The SMILES string of the molecule is CC(C)(C)c1cc(N(c2ccc3c(c2)C(C)(C)CCC3(C)C)c2ccc3c(c2)C(C)(C)CCC3(C)C)cc(N(c2ccc3c(c2)C(C)(C)CCC3(C)C)c2csc3cc4c(cc23)C(C)(C)CCC4(C)C)c1. The Bertz CT molecular complexity index is 3020. The number of rotatable bonds is 6. The molecule has 0 atom stereocenters. The van der Waals surface area contributed by atoms with Gasteiger partial charge in [-0.2, -0.15) is 0 Å². The Balaban J connectivity index is 1.28. The number of hydrogen-bond donors (Lipinski definition) is 0. The topological polar surface area (TPSA) is 6.48 Å². The first kappa shape index (κ1) is 50.2. The predicted molar refractivity (Wildman–Crippen MR) is 311 cm³/mol.